The number of aromatic nitrogens is 1. The molecule has 3 rings (SSSR count). The second-order valence-electron chi connectivity index (χ2n) is 4.89. The van der Waals surface area contributed by atoms with E-state index in [9.17, 15) is 0 Å². The molecule has 0 aromatic carbocycles. The van der Waals surface area contributed by atoms with Crippen molar-refractivity contribution >= 4 is 0 Å². The SMILES string of the molecule is N#Cc1ncccc1CN1CC2CCC1C2. The predicted molar refractivity (Wildman–Crippen MR) is 60.5 cm³/mol. The van der Waals surface area contributed by atoms with Crippen LogP contribution in [0, 0.1) is 17.2 Å². The Kier molecular flexibility index (Phi) is 2.37. The van der Waals surface area contributed by atoms with E-state index in [0.717, 1.165) is 24.1 Å². The van der Waals surface area contributed by atoms with E-state index in [-0.39, 0.29) is 0 Å². The summed E-state index contributed by atoms with van der Waals surface area (Å²) in [5.74, 6) is 0.909. The van der Waals surface area contributed by atoms with Crippen molar-refractivity contribution in [1.29, 1.82) is 5.26 Å². The minimum atomic E-state index is 0.588. The topological polar surface area (TPSA) is 39.9 Å². The Bertz CT molecular complexity index is 435. The molecule has 1 aliphatic heterocycles. The standard InChI is InChI=1S/C13H15N3/c14-7-13-11(2-1-5-15-13)9-16-8-10-3-4-12(16)6-10/h1-2,5,10,12H,3-4,6,8-9H2. The van der Waals surface area contributed by atoms with E-state index in [1.165, 1.54) is 25.8 Å². The monoisotopic (exact) mass is 213 g/mol. The minimum absolute atomic E-state index is 0.588. The van der Waals surface area contributed by atoms with Crippen LogP contribution in [0.4, 0.5) is 0 Å². The van der Waals surface area contributed by atoms with Crippen LogP contribution in [0.25, 0.3) is 0 Å². The molecule has 3 nitrogen and oxygen atoms in total. The Hall–Kier alpha value is -1.40. The zero-order valence-corrected chi connectivity index (χ0v) is 9.26. The van der Waals surface area contributed by atoms with Crippen LogP contribution in [0.15, 0.2) is 18.3 Å². The average Bonchev–Trinajstić information content (AvgIpc) is 2.92. The molecule has 0 spiro atoms. The summed E-state index contributed by atoms with van der Waals surface area (Å²) in [7, 11) is 0. The molecular weight excluding hydrogens is 198 g/mol. The van der Waals surface area contributed by atoms with Crippen LogP contribution in [0.5, 0.6) is 0 Å². The summed E-state index contributed by atoms with van der Waals surface area (Å²) in [6, 6.07) is 6.88. The molecule has 3 heteroatoms. The van der Waals surface area contributed by atoms with Gasteiger partial charge in [-0.1, -0.05) is 6.07 Å². The number of fused-ring (bicyclic) bond motifs is 2. The van der Waals surface area contributed by atoms with Gasteiger partial charge >= 0.3 is 0 Å². The summed E-state index contributed by atoms with van der Waals surface area (Å²) in [5.41, 5.74) is 1.67. The molecule has 2 heterocycles. The Morgan fingerprint density at radius 1 is 1.50 bits per heavy atom. The number of pyridine rings is 1. The van der Waals surface area contributed by atoms with Crippen LogP contribution in [0.3, 0.4) is 0 Å². The van der Waals surface area contributed by atoms with Gasteiger partial charge in [-0.3, -0.25) is 4.90 Å². The van der Waals surface area contributed by atoms with Crippen LogP contribution in [0.2, 0.25) is 0 Å². The maximum absolute atomic E-state index is 8.99. The molecule has 0 amide bonds. The third-order valence-electron chi connectivity index (χ3n) is 3.89. The van der Waals surface area contributed by atoms with Crippen molar-refractivity contribution in [1.82, 2.24) is 9.88 Å². The number of piperidine rings is 1. The lowest BCUT2D eigenvalue weighted by Gasteiger charge is -2.26. The zero-order chi connectivity index (χ0) is 11.0. The smallest absolute Gasteiger partial charge is 0.144 e. The first-order chi connectivity index (χ1) is 7.86. The van der Waals surface area contributed by atoms with E-state index in [4.69, 9.17) is 5.26 Å². The van der Waals surface area contributed by atoms with Gasteiger partial charge in [-0.15, -0.1) is 0 Å². The number of hydrogen-bond acceptors (Lipinski definition) is 3. The quantitative estimate of drug-likeness (QED) is 0.753. The number of nitriles is 1. The van der Waals surface area contributed by atoms with Gasteiger partial charge in [-0.25, -0.2) is 4.98 Å². The summed E-state index contributed by atoms with van der Waals surface area (Å²) >= 11 is 0. The van der Waals surface area contributed by atoms with E-state index < -0.39 is 0 Å². The number of nitrogens with zero attached hydrogens (tertiary/aromatic N) is 3. The summed E-state index contributed by atoms with van der Waals surface area (Å²) in [5, 5.41) is 8.99. The summed E-state index contributed by atoms with van der Waals surface area (Å²) in [4.78, 5) is 6.63. The van der Waals surface area contributed by atoms with Crippen molar-refractivity contribution in [3.8, 4) is 6.07 Å². The molecule has 82 valence electrons. The fourth-order valence-electron chi connectivity index (χ4n) is 3.11. The van der Waals surface area contributed by atoms with Crippen LogP contribution < -0.4 is 0 Å². The molecule has 2 bridgehead atoms. The van der Waals surface area contributed by atoms with Gasteiger partial charge in [-0.2, -0.15) is 5.26 Å². The predicted octanol–water partition coefficient (Wildman–Crippen LogP) is 1.94. The van der Waals surface area contributed by atoms with E-state index in [1.807, 2.05) is 12.1 Å². The van der Waals surface area contributed by atoms with Gasteiger partial charge in [0.15, 0.2) is 0 Å². The maximum Gasteiger partial charge on any atom is 0.144 e. The molecule has 1 aromatic rings. The Balaban J connectivity index is 1.77. The third-order valence-corrected chi connectivity index (χ3v) is 3.89. The van der Waals surface area contributed by atoms with E-state index in [2.05, 4.69) is 16.0 Å². The fourth-order valence-corrected chi connectivity index (χ4v) is 3.11. The minimum Gasteiger partial charge on any atom is -0.296 e. The van der Waals surface area contributed by atoms with Crippen molar-refractivity contribution in [2.75, 3.05) is 6.54 Å². The summed E-state index contributed by atoms with van der Waals surface area (Å²) in [6.45, 7) is 2.11. The molecule has 1 aliphatic carbocycles. The van der Waals surface area contributed by atoms with Crippen LogP contribution in [-0.2, 0) is 6.54 Å². The van der Waals surface area contributed by atoms with Crippen LogP contribution in [0.1, 0.15) is 30.5 Å². The van der Waals surface area contributed by atoms with Gasteiger partial charge in [-0.05, 0) is 31.2 Å². The number of hydrogen-bond donors (Lipinski definition) is 0. The van der Waals surface area contributed by atoms with Crippen molar-refractivity contribution in [3.63, 3.8) is 0 Å². The molecule has 1 saturated heterocycles. The highest BCUT2D eigenvalue weighted by Gasteiger charge is 2.37. The molecule has 16 heavy (non-hydrogen) atoms. The second kappa shape index (κ2) is 3.88. The van der Waals surface area contributed by atoms with E-state index >= 15 is 0 Å². The highest BCUT2D eigenvalue weighted by Crippen LogP contribution is 2.38. The molecular formula is C13H15N3. The maximum atomic E-state index is 8.99. The van der Waals surface area contributed by atoms with Gasteiger partial charge in [0.2, 0.25) is 0 Å². The Morgan fingerprint density at radius 2 is 2.44 bits per heavy atom. The van der Waals surface area contributed by atoms with Crippen LogP contribution in [-0.4, -0.2) is 22.5 Å². The first kappa shape index (κ1) is 9.80. The molecule has 1 saturated carbocycles. The van der Waals surface area contributed by atoms with Crippen molar-refractivity contribution in [3.05, 3.63) is 29.6 Å². The second-order valence-corrected chi connectivity index (χ2v) is 4.89. The molecule has 0 radical (unpaired) electrons. The normalized spacial score (nSPS) is 28.2. The molecule has 2 unspecified atom stereocenters. The third kappa shape index (κ3) is 1.60. The number of likely N-dealkylation sites (tertiary alicyclic amines) is 1. The van der Waals surface area contributed by atoms with Gasteiger partial charge in [0.1, 0.15) is 11.8 Å². The fraction of sp³-hybridized carbons (Fsp3) is 0.538. The lowest BCUT2D eigenvalue weighted by Crippen LogP contribution is -2.31. The lowest BCUT2D eigenvalue weighted by atomic mass is 10.1. The van der Waals surface area contributed by atoms with Crippen molar-refractivity contribution in [2.24, 2.45) is 5.92 Å². The first-order valence-corrected chi connectivity index (χ1v) is 5.95. The molecule has 2 atom stereocenters. The van der Waals surface area contributed by atoms with Gasteiger partial charge < -0.3 is 0 Å². The summed E-state index contributed by atoms with van der Waals surface area (Å²) < 4.78 is 0. The average molecular weight is 213 g/mol. The lowest BCUT2D eigenvalue weighted by molar-refractivity contribution is 0.205. The molecule has 2 fully saturated rings. The van der Waals surface area contributed by atoms with E-state index in [0.29, 0.717) is 5.69 Å². The molecule has 0 N–H and O–H groups in total. The highest BCUT2D eigenvalue weighted by molar-refractivity contribution is 5.30. The Labute approximate surface area is 95.7 Å². The molecule has 2 aliphatic rings. The summed E-state index contributed by atoms with van der Waals surface area (Å²) in [6.07, 6.45) is 5.80. The van der Waals surface area contributed by atoms with Gasteiger partial charge in [0.25, 0.3) is 0 Å². The zero-order valence-electron chi connectivity index (χ0n) is 9.26. The Morgan fingerprint density at radius 3 is 3.12 bits per heavy atom. The largest absolute Gasteiger partial charge is 0.296 e. The first-order valence-electron chi connectivity index (χ1n) is 5.95. The van der Waals surface area contributed by atoms with Gasteiger partial charge in [0.05, 0.1) is 0 Å². The molecule has 1 aromatic heterocycles. The van der Waals surface area contributed by atoms with Crippen molar-refractivity contribution < 1.29 is 0 Å². The van der Waals surface area contributed by atoms with E-state index in [1.54, 1.807) is 6.20 Å². The highest BCUT2D eigenvalue weighted by atomic mass is 15.2. The number of rotatable bonds is 2. The van der Waals surface area contributed by atoms with Crippen LogP contribution >= 0.6 is 0 Å². The van der Waals surface area contributed by atoms with Crippen molar-refractivity contribution in [2.45, 2.75) is 31.8 Å². The van der Waals surface area contributed by atoms with Gasteiger partial charge in [0, 0.05) is 30.9 Å².